The van der Waals surface area contributed by atoms with E-state index in [9.17, 15) is 4.79 Å². The molecule has 3 nitrogen and oxygen atoms in total. The molecule has 0 aromatic heterocycles. The summed E-state index contributed by atoms with van der Waals surface area (Å²) in [6.45, 7) is 1.88. The Labute approximate surface area is 156 Å². The van der Waals surface area contributed by atoms with Crippen molar-refractivity contribution in [2.24, 2.45) is 0 Å². The quantitative estimate of drug-likeness (QED) is 0.681. The second-order valence-corrected chi connectivity index (χ2v) is 7.98. The van der Waals surface area contributed by atoms with Crippen LogP contribution in [-0.4, -0.2) is 29.0 Å². The van der Waals surface area contributed by atoms with E-state index >= 15 is 0 Å². The first kappa shape index (κ1) is 18.6. The van der Waals surface area contributed by atoms with Crippen LogP contribution < -0.4 is 4.74 Å². The van der Waals surface area contributed by atoms with Crippen molar-refractivity contribution >= 4 is 17.5 Å². The second kappa shape index (κ2) is 8.93. The SMILES string of the molecule is CC(Oc1ccc(Cl)cc1)C(=O)N(C1CCCCC1)C1CCCCC1. The van der Waals surface area contributed by atoms with E-state index in [0.29, 0.717) is 22.9 Å². The van der Waals surface area contributed by atoms with Gasteiger partial charge in [-0.3, -0.25) is 4.79 Å². The molecule has 1 aromatic rings. The summed E-state index contributed by atoms with van der Waals surface area (Å²) >= 11 is 5.93. The summed E-state index contributed by atoms with van der Waals surface area (Å²) in [7, 11) is 0. The van der Waals surface area contributed by atoms with Crippen LogP contribution >= 0.6 is 11.6 Å². The number of amides is 1. The van der Waals surface area contributed by atoms with Crippen molar-refractivity contribution in [1.29, 1.82) is 0 Å². The largest absolute Gasteiger partial charge is 0.481 e. The van der Waals surface area contributed by atoms with Crippen molar-refractivity contribution in [3.05, 3.63) is 29.3 Å². The minimum atomic E-state index is -0.454. The van der Waals surface area contributed by atoms with E-state index in [1.54, 1.807) is 12.1 Å². The number of ether oxygens (including phenoxy) is 1. The second-order valence-electron chi connectivity index (χ2n) is 7.54. The highest BCUT2D eigenvalue weighted by Crippen LogP contribution is 2.31. The number of rotatable bonds is 5. The normalized spacial score (nSPS) is 20.9. The van der Waals surface area contributed by atoms with Gasteiger partial charge in [-0.25, -0.2) is 0 Å². The minimum absolute atomic E-state index is 0.161. The summed E-state index contributed by atoms with van der Waals surface area (Å²) in [5.41, 5.74) is 0. The molecule has 0 aliphatic heterocycles. The summed E-state index contributed by atoms with van der Waals surface area (Å²) in [5.74, 6) is 0.867. The molecule has 1 unspecified atom stereocenters. The van der Waals surface area contributed by atoms with Crippen molar-refractivity contribution in [2.75, 3.05) is 0 Å². The fourth-order valence-corrected chi connectivity index (χ4v) is 4.48. The monoisotopic (exact) mass is 363 g/mol. The molecule has 3 rings (SSSR count). The molecule has 1 aromatic carbocycles. The van der Waals surface area contributed by atoms with Gasteiger partial charge in [0, 0.05) is 17.1 Å². The standard InChI is InChI=1S/C21H30ClNO2/c1-16(25-20-14-12-17(22)13-15-20)21(24)23(18-8-4-2-5-9-18)19-10-6-3-7-11-19/h12-16,18-19H,2-11H2,1H3. The molecule has 25 heavy (non-hydrogen) atoms. The Morgan fingerprint density at radius 3 is 1.92 bits per heavy atom. The average molecular weight is 364 g/mol. The number of carbonyl (C=O) groups is 1. The zero-order valence-electron chi connectivity index (χ0n) is 15.3. The van der Waals surface area contributed by atoms with E-state index in [4.69, 9.17) is 16.3 Å². The van der Waals surface area contributed by atoms with Crippen LogP contribution in [0.5, 0.6) is 5.75 Å². The van der Waals surface area contributed by atoms with Gasteiger partial charge in [-0.2, -0.15) is 0 Å². The lowest BCUT2D eigenvalue weighted by molar-refractivity contribution is -0.145. The van der Waals surface area contributed by atoms with Crippen LogP contribution in [0.3, 0.4) is 0 Å². The Morgan fingerprint density at radius 1 is 0.960 bits per heavy atom. The van der Waals surface area contributed by atoms with Gasteiger partial charge < -0.3 is 9.64 Å². The molecular weight excluding hydrogens is 334 g/mol. The molecule has 2 aliphatic rings. The van der Waals surface area contributed by atoms with Gasteiger partial charge in [0.05, 0.1) is 0 Å². The number of hydrogen-bond donors (Lipinski definition) is 0. The van der Waals surface area contributed by atoms with Gasteiger partial charge in [0.2, 0.25) is 0 Å². The lowest BCUT2D eigenvalue weighted by Crippen LogP contribution is -2.52. The van der Waals surface area contributed by atoms with Crippen LogP contribution in [-0.2, 0) is 4.79 Å². The number of carbonyl (C=O) groups excluding carboxylic acids is 1. The summed E-state index contributed by atoms with van der Waals surface area (Å²) < 4.78 is 5.94. The molecule has 2 saturated carbocycles. The highest BCUT2D eigenvalue weighted by Gasteiger charge is 2.35. The van der Waals surface area contributed by atoms with Gasteiger partial charge in [-0.15, -0.1) is 0 Å². The molecule has 4 heteroatoms. The number of nitrogens with zero attached hydrogens (tertiary/aromatic N) is 1. The number of benzene rings is 1. The van der Waals surface area contributed by atoms with Gasteiger partial charge >= 0.3 is 0 Å². The van der Waals surface area contributed by atoms with Gasteiger partial charge in [0.1, 0.15) is 5.75 Å². The van der Waals surface area contributed by atoms with Crippen molar-refractivity contribution < 1.29 is 9.53 Å². The Morgan fingerprint density at radius 2 is 1.44 bits per heavy atom. The van der Waals surface area contributed by atoms with Crippen LogP contribution in [0.1, 0.15) is 71.1 Å². The number of hydrogen-bond acceptors (Lipinski definition) is 2. The molecule has 0 bridgehead atoms. The molecule has 2 aliphatic carbocycles. The third-order valence-corrected chi connectivity index (χ3v) is 5.92. The maximum absolute atomic E-state index is 13.3. The molecule has 0 saturated heterocycles. The van der Waals surface area contributed by atoms with Gasteiger partial charge in [0.15, 0.2) is 6.10 Å². The molecule has 0 spiro atoms. The van der Waals surface area contributed by atoms with Gasteiger partial charge in [-0.05, 0) is 56.9 Å². The van der Waals surface area contributed by atoms with Crippen LogP contribution in [0.15, 0.2) is 24.3 Å². The lowest BCUT2D eigenvalue weighted by atomic mass is 9.88. The first-order chi connectivity index (χ1) is 12.1. The maximum atomic E-state index is 13.3. The Kier molecular flexibility index (Phi) is 6.63. The first-order valence-electron chi connectivity index (χ1n) is 9.89. The zero-order chi connectivity index (χ0) is 17.6. The van der Waals surface area contributed by atoms with Crippen molar-refractivity contribution in [1.82, 2.24) is 4.90 Å². The lowest BCUT2D eigenvalue weighted by Gasteiger charge is -2.42. The third-order valence-electron chi connectivity index (χ3n) is 5.66. The van der Waals surface area contributed by atoms with E-state index in [0.717, 1.165) is 25.7 Å². The highest BCUT2D eigenvalue weighted by molar-refractivity contribution is 6.30. The Balaban J connectivity index is 1.71. The molecular formula is C21H30ClNO2. The maximum Gasteiger partial charge on any atom is 0.263 e. The highest BCUT2D eigenvalue weighted by atomic mass is 35.5. The topological polar surface area (TPSA) is 29.5 Å². The van der Waals surface area contributed by atoms with Gasteiger partial charge in [0.25, 0.3) is 5.91 Å². The van der Waals surface area contributed by atoms with E-state index in [1.807, 2.05) is 19.1 Å². The van der Waals surface area contributed by atoms with Crippen LogP contribution in [0.2, 0.25) is 5.02 Å². The molecule has 0 N–H and O–H groups in total. The Hall–Kier alpha value is -1.22. The summed E-state index contributed by atoms with van der Waals surface area (Å²) in [6.07, 6.45) is 11.7. The smallest absolute Gasteiger partial charge is 0.263 e. The molecule has 1 atom stereocenters. The van der Waals surface area contributed by atoms with E-state index < -0.39 is 6.10 Å². The van der Waals surface area contributed by atoms with Crippen LogP contribution in [0, 0.1) is 0 Å². The van der Waals surface area contributed by atoms with Gasteiger partial charge in [-0.1, -0.05) is 50.1 Å². The Bertz CT molecular complexity index is 530. The summed E-state index contributed by atoms with van der Waals surface area (Å²) in [6, 6.07) is 8.07. The predicted octanol–water partition coefficient (Wildman–Crippen LogP) is 5.60. The van der Waals surface area contributed by atoms with E-state index in [2.05, 4.69) is 4.90 Å². The van der Waals surface area contributed by atoms with Crippen molar-refractivity contribution in [3.8, 4) is 5.75 Å². The molecule has 138 valence electrons. The zero-order valence-corrected chi connectivity index (χ0v) is 16.0. The summed E-state index contributed by atoms with van der Waals surface area (Å²) in [4.78, 5) is 15.5. The van der Waals surface area contributed by atoms with Crippen molar-refractivity contribution in [3.63, 3.8) is 0 Å². The fourth-order valence-electron chi connectivity index (χ4n) is 4.35. The summed E-state index contributed by atoms with van der Waals surface area (Å²) in [5, 5.41) is 0.678. The third kappa shape index (κ3) is 4.91. The number of halogens is 1. The fraction of sp³-hybridized carbons (Fsp3) is 0.667. The molecule has 2 fully saturated rings. The molecule has 0 heterocycles. The van der Waals surface area contributed by atoms with E-state index in [1.165, 1.54) is 38.5 Å². The van der Waals surface area contributed by atoms with Crippen LogP contribution in [0.4, 0.5) is 0 Å². The molecule has 0 radical (unpaired) electrons. The minimum Gasteiger partial charge on any atom is -0.481 e. The predicted molar refractivity (Wildman–Crippen MR) is 102 cm³/mol. The molecule has 1 amide bonds. The van der Waals surface area contributed by atoms with Crippen LogP contribution in [0.25, 0.3) is 0 Å². The average Bonchev–Trinajstić information content (AvgIpc) is 2.65. The first-order valence-corrected chi connectivity index (χ1v) is 10.3. The van der Waals surface area contributed by atoms with Crippen molar-refractivity contribution in [2.45, 2.75) is 89.3 Å². The van der Waals surface area contributed by atoms with E-state index in [-0.39, 0.29) is 5.91 Å².